The summed E-state index contributed by atoms with van der Waals surface area (Å²) in [6.45, 7) is 10.3. The third-order valence-corrected chi connectivity index (χ3v) is 3.98. The molecule has 2 N–H and O–H groups in total. The molecule has 1 aromatic heterocycles. The van der Waals surface area contributed by atoms with Crippen molar-refractivity contribution in [3.8, 4) is 11.5 Å². The van der Waals surface area contributed by atoms with Crippen LogP contribution in [0, 0.1) is 0 Å². The molecule has 0 bridgehead atoms. The van der Waals surface area contributed by atoms with Gasteiger partial charge in [-0.15, -0.1) is 24.0 Å². The van der Waals surface area contributed by atoms with Crippen molar-refractivity contribution in [1.29, 1.82) is 0 Å². The minimum atomic E-state index is -0.164. The molecule has 0 saturated carbocycles. The van der Waals surface area contributed by atoms with E-state index in [0.29, 0.717) is 25.1 Å². The quantitative estimate of drug-likeness (QED) is 0.357. The Kier molecular flexibility index (Phi) is 7.90. The second-order valence-electron chi connectivity index (χ2n) is 7.33. The van der Waals surface area contributed by atoms with Crippen LogP contribution in [0.5, 0.6) is 11.5 Å². The maximum atomic E-state index is 5.42. The number of aromatic nitrogens is 2. The number of guanidine groups is 1. The first-order chi connectivity index (χ1) is 13.0. The number of aliphatic imine (C=N–C) groups is 1. The first kappa shape index (κ1) is 22.3. The predicted octanol–water partition coefficient (Wildman–Crippen LogP) is 3.01. The second kappa shape index (κ2) is 9.94. The zero-order valence-electron chi connectivity index (χ0n) is 16.7. The second-order valence-corrected chi connectivity index (χ2v) is 7.33. The number of hydrogen-bond donors (Lipinski definition) is 2. The molecule has 1 aliphatic heterocycles. The summed E-state index contributed by atoms with van der Waals surface area (Å²) < 4.78 is 16.1. The molecule has 0 amide bonds. The molecule has 0 atom stereocenters. The van der Waals surface area contributed by atoms with Gasteiger partial charge in [0.2, 0.25) is 12.7 Å². The van der Waals surface area contributed by atoms with Crippen LogP contribution < -0.4 is 20.1 Å². The monoisotopic (exact) mass is 501 g/mol. The van der Waals surface area contributed by atoms with Gasteiger partial charge in [0.05, 0.1) is 0 Å². The van der Waals surface area contributed by atoms with Crippen molar-refractivity contribution in [3.05, 3.63) is 35.5 Å². The van der Waals surface area contributed by atoms with E-state index in [2.05, 4.69) is 25.8 Å². The molecule has 1 aliphatic rings. The Balaban J connectivity index is 0.00000280. The Hall–Kier alpha value is -2.04. The summed E-state index contributed by atoms with van der Waals surface area (Å²) in [7, 11) is 0. The minimum Gasteiger partial charge on any atom is -0.454 e. The van der Waals surface area contributed by atoms with E-state index < -0.39 is 0 Å². The molecule has 2 heterocycles. The molecule has 0 aliphatic carbocycles. The van der Waals surface area contributed by atoms with Crippen molar-refractivity contribution in [3.63, 3.8) is 0 Å². The van der Waals surface area contributed by atoms with Gasteiger partial charge in [-0.25, -0.2) is 4.99 Å². The molecule has 28 heavy (non-hydrogen) atoms. The zero-order chi connectivity index (χ0) is 19.3. The van der Waals surface area contributed by atoms with Crippen molar-refractivity contribution < 1.29 is 14.0 Å². The molecule has 0 saturated heterocycles. The van der Waals surface area contributed by atoms with Crippen molar-refractivity contribution in [2.24, 2.45) is 4.99 Å². The van der Waals surface area contributed by atoms with Gasteiger partial charge in [-0.1, -0.05) is 32.0 Å². The molecule has 3 rings (SSSR count). The number of rotatable bonds is 6. The molecule has 0 fully saturated rings. The van der Waals surface area contributed by atoms with Crippen LogP contribution in [0.15, 0.2) is 27.7 Å². The Morgan fingerprint density at radius 1 is 1.18 bits per heavy atom. The smallest absolute Gasteiger partial charge is 0.232 e. The van der Waals surface area contributed by atoms with Gasteiger partial charge in [-0.3, -0.25) is 0 Å². The van der Waals surface area contributed by atoms with Gasteiger partial charge in [0.25, 0.3) is 0 Å². The number of hydrogen-bond acceptors (Lipinski definition) is 6. The van der Waals surface area contributed by atoms with E-state index in [9.17, 15) is 0 Å². The number of benzene rings is 1. The van der Waals surface area contributed by atoms with Crippen LogP contribution in [-0.4, -0.2) is 36.0 Å². The lowest BCUT2D eigenvalue weighted by Gasteiger charge is -2.11. The molecular formula is C19H28IN5O3. The third kappa shape index (κ3) is 5.98. The van der Waals surface area contributed by atoms with Crippen molar-refractivity contribution >= 4 is 29.9 Å². The first-order valence-corrected chi connectivity index (χ1v) is 9.19. The lowest BCUT2D eigenvalue weighted by Crippen LogP contribution is -2.38. The summed E-state index contributed by atoms with van der Waals surface area (Å²) in [4.78, 5) is 8.94. The van der Waals surface area contributed by atoms with E-state index in [1.54, 1.807) is 0 Å². The summed E-state index contributed by atoms with van der Waals surface area (Å²) in [5.41, 5.74) is 1.01. The molecule has 9 heteroatoms. The van der Waals surface area contributed by atoms with E-state index in [4.69, 9.17) is 14.0 Å². The molecule has 154 valence electrons. The van der Waals surface area contributed by atoms with Crippen LogP contribution >= 0.6 is 24.0 Å². The molecule has 1 aromatic carbocycles. The number of halogens is 1. The van der Waals surface area contributed by atoms with E-state index in [0.717, 1.165) is 37.0 Å². The highest BCUT2D eigenvalue weighted by Gasteiger charge is 2.21. The van der Waals surface area contributed by atoms with Crippen molar-refractivity contribution in [1.82, 2.24) is 20.8 Å². The minimum absolute atomic E-state index is 0. The molecule has 8 nitrogen and oxygen atoms in total. The van der Waals surface area contributed by atoms with Gasteiger partial charge >= 0.3 is 0 Å². The fourth-order valence-electron chi connectivity index (χ4n) is 2.54. The Bertz CT molecular complexity index is 801. The normalized spacial score (nSPS) is 13.2. The lowest BCUT2D eigenvalue weighted by molar-refractivity contribution is 0.174. The summed E-state index contributed by atoms with van der Waals surface area (Å²) in [6.07, 6.45) is 0.845. The highest BCUT2D eigenvalue weighted by atomic mass is 127. The van der Waals surface area contributed by atoms with Crippen molar-refractivity contribution in [2.75, 3.05) is 19.9 Å². The maximum Gasteiger partial charge on any atom is 0.232 e. The first-order valence-electron chi connectivity index (χ1n) is 9.19. The van der Waals surface area contributed by atoms with Gasteiger partial charge in [-0.2, -0.15) is 4.98 Å². The summed E-state index contributed by atoms with van der Waals surface area (Å²) >= 11 is 0. The number of fused-ring (bicyclic) bond motifs is 1. The average Bonchev–Trinajstić information content (AvgIpc) is 3.28. The number of ether oxygens (including phenoxy) is 2. The Morgan fingerprint density at radius 2 is 1.96 bits per heavy atom. The highest BCUT2D eigenvalue weighted by Crippen LogP contribution is 2.32. The van der Waals surface area contributed by atoms with Crippen LogP contribution in [0.3, 0.4) is 0 Å². The fourth-order valence-corrected chi connectivity index (χ4v) is 2.54. The van der Waals surface area contributed by atoms with E-state index in [1.807, 2.05) is 45.9 Å². The molecular weight excluding hydrogens is 473 g/mol. The molecule has 0 radical (unpaired) electrons. The fraction of sp³-hybridized carbons (Fsp3) is 0.526. The van der Waals surface area contributed by atoms with E-state index in [-0.39, 0.29) is 29.4 Å². The number of nitrogens with zero attached hydrogens (tertiary/aromatic N) is 3. The van der Waals surface area contributed by atoms with E-state index >= 15 is 0 Å². The van der Waals surface area contributed by atoms with Gasteiger partial charge in [0.15, 0.2) is 23.3 Å². The predicted molar refractivity (Wildman–Crippen MR) is 118 cm³/mol. The SMILES string of the molecule is CCNC(=NCc1noc(C(C)(C)C)n1)NCCc1ccc2c(c1)OCO2.I. The number of nitrogens with one attached hydrogen (secondary N) is 2. The Labute approximate surface area is 182 Å². The topological polar surface area (TPSA) is 93.8 Å². The maximum absolute atomic E-state index is 5.42. The standard InChI is InChI=1S/C19H27N5O3.HI/c1-5-20-18(22-11-16-23-17(27-24-16)19(2,3)4)21-9-8-13-6-7-14-15(10-13)26-12-25-14;/h6-7,10H,5,8-9,11-12H2,1-4H3,(H2,20,21,22);1H. The largest absolute Gasteiger partial charge is 0.454 e. The van der Waals surface area contributed by atoms with E-state index in [1.165, 1.54) is 5.56 Å². The van der Waals surface area contributed by atoms with Gasteiger partial charge in [0, 0.05) is 18.5 Å². The molecule has 0 unspecified atom stereocenters. The van der Waals surface area contributed by atoms with Gasteiger partial charge < -0.3 is 24.6 Å². The average molecular weight is 501 g/mol. The van der Waals surface area contributed by atoms with Gasteiger partial charge in [-0.05, 0) is 31.0 Å². The van der Waals surface area contributed by atoms with Gasteiger partial charge in [0.1, 0.15) is 6.54 Å². The Morgan fingerprint density at radius 3 is 2.68 bits per heavy atom. The lowest BCUT2D eigenvalue weighted by atomic mass is 9.97. The summed E-state index contributed by atoms with van der Waals surface area (Å²) in [5, 5.41) is 10.6. The zero-order valence-corrected chi connectivity index (χ0v) is 19.1. The summed E-state index contributed by atoms with van der Waals surface area (Å²) in [6, 6.07) is 6.01. The van der Waals surface area contributed by atoms with Crippen LogP contribution in [0.4, 0.5) is 0 Å². The molecule has 2 aromatic rings. The van der Waals surface area contributed by atoms with Crippen molar-refractivity contribution in [2.45, 2.75) is 46.1 Å². The van der Waals surface area contributed by atoms with Crippen LogP contribution in [-0.2, 0) is 18.4 Å². The third-order valence-electron chi connectivity index (χ3n) is 3.98. The van der Waals surface area contributed by atoms with Crippen LogP contribution in [0.2, 0.25) is 0 Å². The van der Waals surface area contributed by atoms with Crippen LogP contribution in [0.1, 0.15) is 45.0 Å². The molecule has 0 spiro atoms. The summed E-state index contributed by atoms with van der Waals surface area (Å²) in [5.74, 6) is 3.53. The highest BCUT2D eigenvalue weighted by molar-refractivity contribution is 14.0. The van der Waals surface area contributed by atoms with Crippen LogP contribution in [0.25, 0.3) is 0 Å².